The Hall–Kier alpha value is -1.70. The van der Waals surface area contributed by atoms with Gasteiger partial charge in [0.05, 0.1) is 0 Å². The summed E-state index contributed by atoms with van der Waals surface area (Å²) in [5.41, 5.74) is 2.77. The van der Waals surface area contributed by atoms with Crippen molar-refractivity contribution in [3.05, 3.63) is 36.7 Å². The van der Waals surface area contributed by atoms with Crippen LogP contribution < -0.4 is 0 Å². The maximum absolute atomic E-state index is 2.42. The minimum absolute atomic E-state index is 1.14. The Balaban J connectivity index is 1.87. The predicted octanol–water partition coefficient (Wildman–Crippen LogP) is 5.98. The molecule has 0 fully saturated rings. The van der Waals surface area contributed by atoms with Crippen molar-refractivity contribution in [2.24, 2.45) is 0 Å². The van der Waals surface area contributed by atoms with Gasteiger partial charge in [-0.25, -0.2) is 0 Å². The lowest BCUT2D eigenvalue weighted by molar-refractivity contribution is 0.616. The fourth-order valence-corrected chi connectivity index (χ4v) is 3.33. The lowest BCUT2D eigenvalue weighted by Crippen LogP contribution is -1.97. The number of hydrogen-bond acceptors (Lipinski definition) is 0. The number of benzene rings is 1. The van der Waals surface area contributed by atoms with Crippen LogP contribution in [0, 0.1) is 0 Å². The number of unbranched alkanes of at least 4 members (excludes halogenated alkanes) is 4. The van der Waals surface area contributed by atoms with Crippen LogP contribution in [0.3, 0.4) is 0 Å². The van der Waals surface area contributed by atoms with E-state index < -0.39 is 0 Å². The van der Waals surface area contributed by atoms with E-state index in [-0.39, 0.29) is 0 Å². The van der Waals surface area contributed by atoms with E-state index in [9.17, 15) is 0 Å². The zero-order valence-electron chi connectivity index (χ0n) is 14.0. The fraction of sp³-hybridized carbons (Fsp3) is 0.500. The topological polar surface area (TPSA) is 9.86 Å². The van der Waals surface area contributed by atoms with Crippen molar-refractivity contribution < 1.29 is 0 Å². The van der Waals surface area contributed by atoms with Crippen LogP contribution in [0.2, 0.25) is 0 Å². The first kappa shape index (κ1) is 15.2. The van der Waals surface area contributed by atoms with Crippen molar-refractivity contribution in [3.8, 4) is 0 Å². The minimum atomic E-state index is 1.14. The molecule has 118 valence electrons. The van der Waals surface area contributed by atoms with E-state index in [2.05, 4.69) is 59.6 Å². The molecule has 0 atom stereocenters. The zero-order chi connectivity index (χ0) is 15.4. The summed E-state index contributed by atoms with van der Waals surface area (Å²) in [6.07, 6.45) is 12.2. The van der Waals surface area contributed by atoms with E-state index in [1.54, 1.807) is 0 Å². The number of rotatable bonds is 8. The predicted molar refractivity (Wildman–Crippen MR) is 96.5 cm³/mol. The van der Waals surface area contributed by atoms with E-state index in [1.807, 2.05) is 0 Å². The van der Waals surface area contributed by atoms with Gasteiger partial charge in [-0.1, -0.05) is 39.5 Å². The molecule has 0 aliphatic rings. The van der Waals surface area contributed by atoms with E-state index in [1.165, 1.54) is 60.3 Å². The second-order valence-electron chi connectivity index (χ2n) is 6.40. The van der Waals surface area contributed by atoms with Gasteiger partial charge in [-0.05, 0) is 37.1 Å². The summed E-state index contributed by atoms with van der Waals surface area (Å²) in [6.45, 7) is 6.80. The van der Waals surface area contributed by atoms with Crippen molar-refractivity contribution >= 4 is 21.8 Å². The number of nitrogens with zero attached hydrogens (tertiary/aromatic N) is 2. The molecule has 0 spiro atoms. The highest BCUT2D eigenvalue weighted by Gasteiger charge is 2.06. The lowest BCUT2D eigenvalue weighted by Gasteiger charge is -2.07. The minimum Gasteiger partial charge on any atom is -0.347 e. The molecule has 3 rings (SSSR count). The molecule has 1 aromatic carbocycles. The smallest absolute Gasteiger partial charge is 0.0487 e. The van der Waals surface area contributed by atoms with E-state index in [0.717, 1.165) is 13.1 Å². The van der Waals surface area contributed by atoms with E-state index in [0.29, 0.717) is 0 Å². The largest absolute Gasteiger partial charge is 0.347 e. The van der Waals surface area contributed by atoms with Crippen LogP contribution in [-0.2, 0) is 13.1 Å². The third kappa shape index (κ3) is 3.06. The lowest BCUT2D eigenvalue weighted by atomic mass is 10.2. The molecule has 2 aromatic heterocycles. The fourth-order valence-electron chi connectivity index (χ4n) is 3.33. The number of aromatic nitrogens is 2. The van der Waals surface area contributed by atoms with Crippen molar-refractivity contribution in [3.63, 3.8) is 0 Å². The molecule has 0 unspecified atom stereocenters. The summed E-state index contributed by atoms with van der Waals surface area (Å²) < 4.78 is 4.83. The number of fused-ring (bicyclic) bond motifs is 2. The Bertz CT molecular complexity index is 668. The van der Waals surface area contributed by atoms with Gasteiger partial charge in [0.25, 0.3) is 0 Å². The molecule has 0 radical (unpaired) electrons. The first-order valence-corrected chi connectivity index (χ1v) is 8.91. The maximum atomic E-state index is 2.42. The highest BCUT2D eigenvalue weighted by atomic mass is 15.0. The molecule has 2 heterocycles. The maximum Gasteiger partial charge on any atom is 0.0487 e. The normalized spacial score (nSPS) is 11.7. The van der Waals surface area contributed by atoms with Gasteiger partial charge >= 0.3 is 0 Å². The third-order valence-corrected chi connectivity index (χ3v) is 4.67. The summed E-state index contributed by atoms with van der Waals surface area (Å²) in [5, 5.41) is 2.75. The molecule has 0 saturated carbocycles. The van der Waals surface area contributed by atoms with Gasteiger partial charge in [0.2, 0.25) is 0 Å². The van der Waals surface area contributed by atoms with Crippen LogP contribution in [0.1, 0.15) is 52.4 Å². The molecule has 0 aliphatic carbocycles. The van der Waals surface area contributed by atoms with Crippen LogP contribution in [-0.4, -0.2) is 9.13 Å². The Morgan fingerprint density at radius 3 is 1.55 bits per heavy atom. The highest BCUT2D eigenvalue weighted by Crippen LogP contribution is 2.25. The molecule has 0 amide bonds. The Morgan fingerprint density at radius 1 is 0.682 bits per heavy atom. The van der Waals surface area contributed by atoms with Crippen LogP contribution in [0.5, 0.6) is 0 Å². The molecule has 3 aromatic rings. The van der Waals surface area contributed by atoms with Gasteiger partial charge in [-0.15, -0.1) is 0 Å². The van der Waals surface area contributed by atoms with Gasteiger partial charge in [0, 0.05) is 47.3 Å². The van der Waals surface area contributed by atoms with Crippen LogP contribution in [0.4, 0.5) is 0 Å². The average Bonchev–Trinajstić information content (AvgIpc) is 3.10. The van der Waals surface area contributed by atoms with Crippen molar-refractivity contribution in [1.82, 2.24) is 9.13 Å². The summed E-state index contributed by atoms with van der Waals surface area (Å²) in [4.78, 5) is 0. The van der Waals surface area contributed by atoms with Crippen molar-refractivity contribution in [2.45, 2.75) is 65.5 Å². The molecular weight excluding hydrogens is 268 g/mol. The monoisotopic (exact) mass is 296 g/mol. The van der Waals surface area contributed by atoms with Crippen LogP contribution in [0.15, 0.2) is 36.7 Å². The number of hydrogen-bond donors (Lipinski definition) is 0. The number of aryl methyl sites for hydroxylation is 2. The first-order valence-electron chi connectivity index (χ1n) is 8.91. The van der Waals surface area contributed by atoms with Crippen molar-refractivity contribution in [2.75, 3.05) is 0 Å². The molecule has 2 nitrogen and oxygen atoms in total. The second-order valence-corrected chi connectivity index (χ2v) is 6.40. The van der Waals surface area contributed by atoms with Crippen LogP contribution in [0.25, 0.3) is 21.8 Å². The SMILES string of the molecule is CCCCCn1ccc2cc3c(ccn3CCCCC)cc21. The highest BCUT2D eigenvalue weighted by molar-refractivity contribution is 5.96. The molecule has 0 aliphatic heterocycles. The summed E-state index contributed by atoms with van der Waals surface area (Å²) in [5.74, 6) is 0. The van der Waals surface area contributed by atoms with Gasteiger partial charge in [-0.2, -0.15) is 0 Å². The van der Waals surface area contributed by atoms with Gasteiger partial charge in [-0.3, -0.25) is 0 Å². The van der Waals surface area contributed by atoms with Gasteiger partial charge < -0.3 is 9.13 Å². The van der Waals surface area contributed by atoms with Gasteiger partial charge in [0.1, 0.15) is 0 Å². The molecule has 22 heavy (non-hydrogen) atoms. The average molecular weight is 296 g/mol. The van der Waals surface area contributed by atoms with Crippen LogP contribution >= 0.6 is 0 Å². The van der Waals surface area contributed by atoms with Gasteiger partial charge in [0.15, 0.2) is 0 Å². The summed E-state index contributed by atoms with van der Waals surface area (Å²) in [7, 11) is 0. The first-order chi connectivity index (χ1) is 10.8. The molecule has 2 heteroatoms. The quantitative estimate of drug-likeness (QED) is 0.453. The molecule has 0 saturated heterocycles. The third-order valence-electron chi connectivity index (χ3n) is 4.67. The molecule has 0 N–H and O–H groups in total. The zero-order valence-corrected chi connectivity index (χ0v) is 14.0. The summed E-state index contributed by atoms with van der Waals surface area (Å²) >= 11 is 0. The Kier molecular flexibility index (Phi) is 4.87. The molecule has 0 bridgehead atoms. The van der Waals surface area contributed by atoms with Crippen molar-refractivity contribution in [1.29, 1.82) is 0 Å². The Morgan fingerprint density at radius 2 is 1.14 bits per heavy atom. The van der Waals surface area contributed by atoms with E-state index in [4.69, 9.17) is 0 Å². The second kappa shape index (κ2) is 7.04. The Labute approximate surface area is 133 Å². The standard InChI is InChI=1S/C20H28N2/c1-3-5-7-11-21-13-9-17-16-20-18(15-19(17)21)10-14-22(20)12-8-6-4-2/h9-10,13-16H,3-8,11-12H2,1-2H3. The molecular formula is C20H28N2. The van der Waals surface area contributed by atoms with E-state index >= 15 is 0 Å². The summed E-state index contributed by atoms with van der Waals surface area (Å²) in [6, 6.07) is 9.27.